The van der Waals surface area contributed by atoms with Crippen LogP contribution < -0.4 is 10.5 Å². The second-order valence-electron chi connectivity index (χ2n) is 3.98. The van der Waals surface area contributed by atoms with Crippen LogP contribution in [0.4, 0.5) is 23.2 Å². The van der Waals surface area contributed by atoms with Crippen molar-refractivity contribution in [3.05, 3.63) is 57.6 Å². The highest BCUT2D eigenvalue weighted by molar-refractivity contribution is 9.10. The number of hydrogen-bond acceptors (Lipinski definition) is 2. The average molecular weight is 350 g/mol. The SMILES string of the molecule is Nc1cc(Br)cc(COc2c(F)c(F)cc(F)c2F)c1. The molecule has 0 aliphatic rings. The van der Waals surface area contributed by atoms with E-state index in [1.165, 1.54) is 6.07 Å². The maximum Gasteiger partial charge on any atom is 0.203 e. The van der Waals surface area contributed by atoms with Gasteiger partial charge in [-0.3, -0.25) is 0 Å². The van der Waals surface area contributed by atoms with Crippen LogP contribution in [-0.2, 0) is 6.61 Å². The highest BCUT2D eigenvalue weighted by atomic mass is 79.9. The van der Waals surface area contributed by atoms with E-state index >= 15 is 0 Å². The average Bonchev–Trinajstić information content (AvgIpc) is 2.35. The lowest BCUT2D eigenvalue weighted by Crippen LogP contribution is -2.04. The van der Waals surface area contributed by atoms with Crippen LogP contribution in [0.1, 0.15) is 5.56 Å². The van der Waals surface area contributed by atoms with Crippen molar-refractivity contribution in [3.8, 4) is 5.75 Å². The van der Waals surface area contributed by atoms with Crippen LogP contribution in [0.25, 0.3) is 0 Å². The van der Waals surface area contributed by atoms with Gasteiger partial charge in [0.05, 0.1) is 0 Å². The van der Waals surface area contributed by atoms with E-state index in [0.29, 0.717) is 15.7 Å². The summed E-state index contributed by atoms with van der Waals surface area (Å²) in [6.07, 6.45) is 0. The van der Waals surface area contributed by atoms with Crippen molar-refractivity contribution in [2.45, 2.75) is 6.61 Å². The van der Waals surface area contributed by atoms with E-state index in [1.807, 2.05) is 0 Å². The van der Waals surface area contributed by atoms with Crippen molar-refractivity contribution < 1.29 is 22.3 Å². The van der Waals surface area contributed by atoms with E-state index in [9.17, 15) is 17.6 Å². The predicted octanol–water partition coefficient (Wildman–Crippen LogP) is 4.17. The van der Waals surface area contributed by atoms with Crippen LogP contribution in [0.3, 0.4) is 0 Å². The maximum atomic E-state index is 13.4. The first-order valence-electron chi connectivity index (χ1n) is 5.39. The minimum atomic E-state index is -1.58. The zero-order valence-corrected chi connectivity index (χ0v) is 11.5. The van der Waals surface area contributed by atoms with Crippen molar-refractivity contribution in [1.29, 1.82) is 0 Å². The molecule has 0 amide bonds. The second-order valence-corrected chi connectivity index (χ2v) is 4.89. The van der Waals surface area contributed by atoms with Gasteiger partial charge in [0.15, 0.2) is 17.4 Å². The Bertz CT molecular complexity index is 617. The van der Waals surface area contributed by atoms with Gasteiger partial charge in [-0.05, 0) is 23.8 Å². The van der Waals surface area contributed by atoms with E-state index in [0.717, 1.165) is 0 Å². The molecule has 0 aliphatic carbocycles. The van der Waals surface area contributed by atoms with Crippen LogP contribution >= 0.6 is 15.9 Å². The Kier molecular flexibility index (Phi) is 4.17. The minimum absolute atomic E-state index is 0.120. The summed E-state index contributed by atoms with van der Waals surface area (Å²) >= 11 is 3.19. The largest absolute Gasteiger partial charge is 0.483 e. The summed E-state index contributed by atoms with van der Waals surface area (Å²) in [6, 6.07) is 4.85. The number of nitrogens with two attached hydrogens (primary N) is 1. The van der Waals surface area contributed by atoms with E-state index in [-0.39, 0.29) is 12.7 Å². The van der Waals surface area contributed by atoms with Crippen LogP contribution in [0.2, 0.25) is 0 Å². The first-order chi connectivity index (χ1) is 9.38. The van der Waals surface area contributed by atoms with Crippen LogP contribution in [0.15, 0.2) is 28.7 Å². The third-order valence-electron chi connectivity index (χ3n) is 2.43. The molecule has 2 N–H and O–H groups in total. The third-order valence-corrected chi connectivity index (χ3v) is 2.89. The number of rotatable bonds is 3. The van der Waals surface area contributed by atoms with E-state index in [2.05, 4.69) is 15.9 Å². The normalized spacial score (nSPS) is 10.7. The van der Waals surface area contributed by atoms with Gasteiger partial charge in [0.1, 0.15) is 6.61 Å². The number of anilines is 1. The lowest BCUT2D eigenvalue weighted by molar-refractivity contribution is 0.261. The van der Waals surface area contributed by atoms with Crippen molar-refractivity contribution >= 4 is 21.6 Å². The molecule has 0 aliphatic heterocycles. The van der Waals surface area contributed by atoms with Crippen LogP contribution in [0.5, 0.6) is 5.75 Å². The lowest BCUT2D eigenvalue weighted by atomic mass is 10.2. The van der Waals surface area contributed by atoms with Crippen LogP contribution in [-0.4, -0.2) is 0 Å². The molecule has 20 heavy (non-hydrogen) atoms. The van der Waals surface area contributed by atoms with Gasteiger partial charge >= 0.3 is 0 Å². The van der Waals surface area contributed by atoms with E-state index < -0.39 is 29.0 Å². The van der Waals surface area contributed by atoms with E-state index in [1.54, 1.807) is 12.1 Å². The summed E-state index contributed by atoms with van der Waals surface area (Å²) < 4.78 is 58.2. The molecule has 2 nitrogen and oxygen atoms in total. The monoisotopic (exact) mass is 349 g/mol. The van der Waals surface area contributed by atoms with Gasteiger partial charge in [-0.15, -0.1) is 0 Å². The molecular weight excluding hydrogens is 342 g/mol. The van der Waals surface area contributed by atoms with Crippen LogP contribution in [0, 0.1) is 23.3 Å². The molecule has 0 saturated heterocycles. The Morgan fingerprint density at radius 3 is 2.10 bits per heavy atom. The third kappa shape index (κ3) is 3.04. The summed E-state index contributed by atoms with van der Waals surface area (Å²) in [4.78, 5) is 0. The van der Waals surface area contributed by atoms with Gasteiger partial charge in [0, 0.05) is 16.2 Å². The fourth-order valence-electron chi connectivity index (χ4n) is 1.59. The fraction of sp³-hybridized carbons (Fsp3) is 0.0769. The van der Waals surface area contributed by atoms with Gasteiger partial charge in [0.2, 0.25) is 11.6 Å². The summed E-state index contributed by atoms with van der Waals surface area (Å²) in [6.45, 7) is -0.291. The summed E-state index contributed by atoms with van der Waals surface area (Å²) in [5.74, 6) is -7.29. The topological polar surface area (TPSA) is 35.2 Å². The van der Waals surface area contributed by atoms with Gasteiger partial charge in [-0.1, -0.05) is 15.9 Å². The molecule has 7 heteroatoms. The molecule has 0 fully saturated rings. The molecule has 2 aromatic carbocycles. The zero-order valence-electron chi connectivity index (χ0n) is 9.89. The maximum absolute atomic E-state index is 13.4. The highest BCUT2D eigenvalue weighted by Crippen LogP contribution is 2.27. The lowest BCUT2D eigenvalue weighted by Gasteiger charge is -2.10. The molecule has 0 atom stereocenters. The summed E-state index contributed by atoms with van der Waals surface area (Å²) in [5.41, 5.74) is 6.48. The number of benzene rings is 2. The Labute approximate surface area is 120 Å². The van der Waals surface area contributed by atoms with Crippen molar-refractivity contribution in [1.82, 2.24) is 0 Å². The molecule has 2 aromatic rings. The second kappa shape index (κ2) is 5.70. The number of ether oxygens (including phenoxy) is 1. The van der Waals surface area contributed by atoms with Gasteiger partial charge in [-0.25, -0.2) is 8.78 Å². The molecule has 0 aromatic heterocycles. The Morgan fingerprint density at radius 1 is 0.950 bits per heavy atom. The predicted molar refractivity (Wildman–Crippen MR) is 69.2 cm³/mol. The van der Waals surface area contributed by atoms with Crippen molar-refractivity contribution in [3.63, 3.8) is 0 Å². The molecule has 0 saturated carbocycles. The fourth-order valence-corrected chi connectivity index (χ4v) is 2.15. The first kappa shape index (κ1) is 14.6. The van der Waals surface area contributed by atoms with E-state index in [4.69, 9.17) is 10.5 Å². The molecule has 0 heterocycles. The minimum Gasteiger partial charge on any atom is -0.483 e. The first-order valence-corrected chi connectivity index (χ1v) is 6.18. The van der Waals surface area contributed by atoms with Gasteiger partial charge in [-0.2, -0.15) is 8.78 Å². The van der Waals surface area contributed by atoms with Crippen molar-refractivity contribution in [2.24, 2.45) is 0 Å². The molecule has 0 unspecified atom stereocenters. The quantitative estimate of drug-likeness (QED) is 0.512. The van der Waals surface area contributed by atoms with Gasteiger partial charge in [0.25, 0.3) is 0 Å². The smallest absolute Gasteiger partial charge is 0.203 e. The summed E-state index contributed by atoms with van der Waals surface area (Å²) in [7, 11) is 0. The number of halogens is 5. The Hall–Kier alpha value is -1.76. The highest BCUT2D eigenvalue weighted by Gasteiger charge is 2.20. The zero-order chi connectivity index (χ0) is 14.9. The molecule has 0 bridgehead atoms. The number of nitrogen functional groups attached to an aromatic ring is 1. The molecular formula is C13H8BrF4NO. The summed E-state index contributed by atoms with van der Waals surface area (Å²) in [5, 5.41) is 0. The molecule has 106 valence electrons. The Morgan fingerprint density at radius 2 is 1.55 bits per heavy atom. The standard InChI is InChI=1S/C13H8BrF4NO/c14-7-1-6(2-8(19)3-7)5-20-13-11(17)9(15)4-10(16)12(13)18/h1-4H,5,19H2. The number of hydrogen-bond donors (Lipinski definition) is 1. The molecule has 2 rings (SSSR count). The molecule has 0 spiro atoms. The van der Waals surface area contributed by atoms with Gasteiger partial charge < -0.3 is 10.5 Å². The molecule has 0 radical (unpaired) electrons. The Balaban J connectivity index is 2.27. The van der Waals surface area contributed by atoms with Crippen molar-refractivity contribution in [2.75, 3.05) is 5.73 Å².